The number of nitrogens with one attached hydrogen (secondary N) is 1. The van der Waals surface area contributed by atoms with Crippen molar-refractivity contribution in [2.45, 2.75) is 64.5 Å². The van der Waals surface area contributed by atoms with Gasteiger partial charge >= 0.3 is 6.18 Å². The van der Waals surface area contributed by atoms with Gasteiger partial charge in [-0.15, -0.1) is 0 Å². The van der Waals surface area contributed by atoms with Gasteiger partial charge < -0.3 is 9.80 Å². The zero-order valence-corrected chi connectivity index (χ0v) is 24.6. The Labute approximate surface area is 247 Å². The van der Waals surface area contributed by atoms with Crippen molar-refractivity contribution in [2.75, 3.05) is 26.2 Å². The molecule has 2 aromatic rings. The van der Waals surface area contributed by atoms with Crippen LogP contribution in [-0.2, 0) is 6.42 Å². The molecule has 0 saturated carbocycles. The van der Waals surface area contributed by atoms with Gasteiger partial charge in [0.2, 0.25) is 0 Å². The average Bonchev–Trinajstić information content (AvgIpc) is 3.53. The van der Waals surface area contributed by atoms with E-state index in [9.17, 15) is 13.2 Å². The molecule has 2 fully saturated rings. The molecule has 0 unspecified atom stereocenters. The van der Waals surface area contributed by atoms with Crippen LogP contribution in [0, 0.1) is 11.3 Å². The summed E-state index contributed by atoms with van der Waals surface area (Å²) in [6, 6.07) is 14.7. The van der Waals surface area contributed by atoms with E-state index in [1.54, 1.807) is 12.1 Å². The number of hydrogen-bond donors (Lipinski definition) is 1. The molecule has 8 heteroatoms. The summed E-state index contributed by atoms with van der Waals surface area (Å²) >= 11 is 0. The summed E-state index contributed by atoms with van der Waals surface area (Å²) in [5.41, 5.74) is 8.55. The van der Waals surface area contributed by atoms with Crippen molar-refractivity contribution in [3.05, 3.63) is 95.1 Å². The Bertz CT molecular complexity index is 1370. The molecule has 0 spiro atoms. The summed E-state index contributed by atoms with van der Waals surface area (Å²) < 4.78 is 40.6. The maximum absolute atomic E-state index is 13.5. The molecule has 0 radical (unpaired) electrons. The molecular weight excluding hydrogens is 535 g/mol. The van der Waals surface area contributed by atoms with Crippen LogP contribution < -0.4 is 5.43 Å². The molecule has 2 heterocycles. The van der Waals surface area contributed by atoms with Crippen LogP contribution in [0.15, 0.2) is 72.4 Å². The number of nitrogens with zero attached hydrogens (tertiary/aromatic N) is 4. The van der Waals surface area contributed by atoms with Gasteiger partial charge in [0.05, 0.1) is 23.8 Å². The van der Waals surface area contributed by atoms with Gasteiger partial charge in [0.25, 0.3) is 0 Å². The number of allylic oxidation sites excluding steroid dienone is 1. The summed E-state index contributed by atoms with van der Waals surface area (Å²) in [5, 5.41) is 13.7. The second-order valence-corrected chi connectivity index (χ2v) is 11.2. The lowest BCUT2D eigenvalue weighted by Gasteiger charge is -2.36. The fourth-order valence-corrected chi connectivity index (χ4v) is 5.54. The van der Waals surface area contributed by atoms with Crippen LogP contribution in [0.25, 0.3) is 11.4 Å². The zero-order chi connectivity index (χ0) is 30.3. The van der Waals surface area contributed by atoms with Crippen molar-refractivity contribution < 1.29 is 13.2 Å². The third-order valence-corrected chi connectivity index (χ3v) is 8.22. The lowest BCUT2D eigenvalue weighted by atomic mass is 9.88. The number of nitriles is 1. The SMILES string of the molecule is C=C(N/N=C(\C=C(\C)CC)N1CCCC1)c1ccc(CC(F)(F)F)c(C(=C)N2CCC(c3ccc(C#N)cc3)CC2)c1. The normalized spacial score (nSPS) is 16.9. The molecule has 0 aromatic heterocycles. The highest BCUT2D eigenvalue weighted by Crippen LogP contribution is 2.35. The zero-order valence-electron chi connectivity index (χ0n) is 24.6. The number of alkyl halides is 3. The quantitative estimate of drug-likeness (QED) is 0.188. The van der Waals surface area contributed by atoms with E-state index in [0.717, 1.165) is 51.0 Å². The van der Waals surface area contributed by atoms with Gasteiger partial charge in [0, 0.05) is 37.4 Å². The molecule has 0 atom stereocenters. The molecule has 4 rings (SSSR count). The smallest absolute Gasteiger partial charge is 0.371 e. The third kappa shape index (κ3) is 8.06. The Morgan fingerprint density at radius 2 is 1.71 bits per heavy atom. The van der Waals surface area contributed by atoms with E-state index in [-0.39, 0.29) is 5.56 Å². The predicted octanol–water partition coefficient (Wildman–Crippen LogP) is 7.84. The van der Waals surface area contributed by atoms with Crippen molar-refractivity contribution in [3.63, 3.8) is 0 Å². The fourth-order valence-electron chi connectivity index (χ4n) is 5.54. The Morgan fingerprint density at radius 1 is 1.05 bits per heavy atom. The molecule has 5 nitrogen and oxygen atoms in total. The maximum atomic E-state index is 13.5. The van der Waals surface area contributed by atoms with Gasteiger partial charge in [0.1, 0.15) is 5.84 Å². The molecule has 1 N–H and O–H groups in total. The van der Waals surface area contributed by atoms with E-state index in [1.165, 1.54) is 17.2 Å². The maximum Gasteiger partial charge on any atom is 0.393 e. The first-order chi connectivity index (χ1) is 20.1. The fraction of sp³-hybridized carbons (Fsp3) is 0.412. The molecule has 0 aliphatic carbocycles. The molecule has 2 aromatic carbocycles. The Balaban J connectivity index is 1.53. The van der Waals surface area contributed by atoms with Crippen molar-refractivity contribution >= 4 is 17.2 Å². The standard InChI is InChI=1S/C34H40F3N5/c1-5-24(2)20-33(42-16-6-7-17-42)40-39-25(3)30-12-13-31(22-34(35,36)37)32(21-30)26(4)41-18-14-29(15-19-41)28-10-8-27(23-38)9-11-28/h8-13,20-21,29,39H,3-7,14-19,22H2,1-2H3/b24-20-,40-33+. The van der Waals surface area contributed by atoms with Gasteiger partial charge in [-0.3, -0.25) is 5.43 Å². The van der Waals surface area contributed by atoms with Gasteiger partial charge in [-0.2, -0.15) is 23.5 Å². The second-order valence-electron chi connectivity index (χ2n) is 11.2. The molecule has 0 bridgehead atoms. The number of rotatable bonds is 9. The van der Waals surface area contributed by atoms with Crippen molar-refractivity contribution in [1.82, 2.24) is 15.2 Å². The Morgan fingerprint density at radius 3 is 2.31 bits per heavy atom. The predicted molar refractivity (Wildman–Crippen MR) is 164 cm³/mol. The number of hydrazone groups is 1. The topological polar surface area (TPSA) is 54.7 Å². The van der Waals surface area contributed by atoms with Gasteiger partial charge in [-0.1, -0.05) is 49.9 Å². The highest BCUT2D eigenvalue weighted by atomic mass is 19.4. The van der Waals surface area contributed by atoms with Gasteiger partial charge in [0.15, 0.2) is 0 Å². The Kier molecular flexibility index (Phi) is 10.2. The number of halogens is 3. The monoisotopic (exact) mass is 575 g/mol. The number of benzene rings is 2. The number of piperidine rings is 1. The average molecular weight is 576 g/mol. The number of amidine groups is 1. The minimum Gasteiger partial charge on any atom is -0.371 e. The molecule has 2 aliphatic heterocycles. The van der Waals surface area contributed by atoms with E-state index in [1.807, 2.05) is 24.3 Å². The van der Waals surface area contributed by atoms with E-state index >= 15 is 0 Å². The first-order valence-corrected chi connectivity index (χ1v) is 14.7. The highest BCUT2D eigenvalue weighted by Gasteiger charge is 2.30. The van der Waals surface area contributed by atoms with Gasteiger partial charge in [-0.25, -0.2) is 0 Å². The van der Waals surface area contributed by atoms with Crippen LogP contribution >= 0.6 is 0 Å². The second kappa shape index (κ2) is 13.8. The number of hydrogen-bond acceptors (Lipinski definition) is 4. The molecular formula is C34H40F3N5. The number of likely N-dealkylation sites (tertiary alicyclic amines) is 2. The lowest BCUT2D eigenvalue weighted by Crippen LogP contribution is -2.32. The van der Waals surface area contributed by atoms with Crippen LogP contribution in [0.5, 0.6) is 0 Å². The largest absolute Gasteiger partial charge is 0.393 e. The molecule has 2 saturated heterocycles. The molecule has 42 heavy (non-hydrogen) atoms. The van der Waals surface area contributed by atoms with Gasteiger partial charge in [-0.05, 0) is 85.9 Å². The summed E-state index contributed by atoms with van der Waals surface area (Å²) in [5.74, 6) is 1.18. The van der Waals surface area contributed by atoms with Crippen LogP contribution in [0.1, 0.15) is 79.7 Å². The third-order valence-electron chi connectivity index (χ3n) is 8.22. The minimum absolute atomic E-state index is 0.195. The minimum atomic E-state index is -4.34. The first kappa shape index (κ1) is 31.0. The van der Waals surface area contributed by atoms with Crippen LogP contribution in [0.3, 0.4) is 0 Å². The van der Waals surface area contributed by atoms with E-state index < -0.39 is 12.6 Å². The van der Waals surface area contributed by atoms with Crippen molar-refractivity contribution in [1.29, 1.82) is 5.26 Å². The first-order valence-electron chi connectivity index (χ1n) is 14.7. The van der Waals surface area contributed by atoms with E-state index in [0.29, 0.717) is 47.1 Å². The summed E-state index contributed by atoms with van der Waals surface area (Å²) in [4.78, 5) is 4.32. The molecule has 222 valence electrons. The summed E-state index contributed by atoms with van der Waals surface area (Å²) in [6.45, 7) is 15.8. The summed E-state index contributed by atoms with van der Waals surface area (Å²) in [7, 11) is 0. The molecule has 2 aliphatic rings. The van der Waals surface area contributed by atoms with Crippen molar-refractivity contribution in [3.8, 4) is 6.07 Å². The van der Waals surface area contributed by atoms with E-state index in [2.05, 4.69) is 59.5 Å². The highest BCUT2D eigenvalue weighted by molar-refractivity contribution is 5.94. The lowest BCUT2D eigenvalue weighted by molar-refractivity contribution is -0.127. The summed E-state index contributed by atoms with van der Waals surface area (Å²) in [6.07, 6.45) is 1.58. The van der Waals surface area contributed by atoms with Crippen LogP contribution in [-0.4, -0.2) is 48.0 Å². The van der Waals surface area contributed by atoms with Crippen molar-refractivity contribution in [2.24, 2.45) is 5.10 Å². The van der Waals surface area contributed by atoms with Crippen LogP contribution in [0.4, 0.5) is 13.2 Å². The molecule has 0 amide bonds. The van der Waals surface area contributed by atoms with Crippen LogP contribution in [0.2, 0.25) is 0 Å². The Hall–Kier alpha value is -3.99. The van der Waals surface area contributed by atoms with E-state index in [4.69, 9.17) is 5.26 Å².